The van der Waals surface area contributed by atoms with Gasteiger partial charge in [0.15, 0.2) is 0 Å². The molecule has 1 aromatic heterocycles. The Balaban J connectivity index is 1.95. The number of carbonyl (C=O) groups excluding carboxylic acids is 1. The number of aromatic nitrogens is 1. The fraction of sp³-hybridized carbons (Fsp3) is 0.0588. The number of rotatable bonds is 4. The van der Waals surface area contributed by atoms with Crippen LogP contribution in [-0.2, 0) is 14.8 Å². The number of pyridine rings is 1. The van der Waals surface area contributed by atoms with Gasteiger partial charge in [-0.1, -0.05) is 36.4 Å². The minimum Gasteiger partial charge on any atom is -0.464 e. The van der Waals surface area contributed by atoms with E-state index >= 15 is 0 Å². The van der Waals surface area contributed by atoms with Crippen molar-refractivity contribution in [2.75, 3.05) is 11.8 Å². The van der Waals surface area contributed by atoms with Gasteiger partial charge in [0.05, 0.1) is 23.9 Å². The Labute approximate surface area is 139 Å². The first-order valence-corrected chi connectivity index (χ1v) is 8.54. The molecule has 0 radical (unpaired) electrons. The van der Waals surface area contributed by atoms with Crippen molar-refractivity contribution < 1.29 is 17.9 Å². The molecule has 2 aromatic carbocycles. The molecule has 3 aromatic rings. The first-order valence-electron chi connectivity index (χ1n) is 7.06. The molecule has 1 heterocycles. The number of anilines is 1. The van der Waals surface area contributed by atoms with E-state index in [1.54, 1.807) is 24.3 Å². The number of hydrogen-bond donors (Lipinski definition) is 1. The third kappa shape index (κ3) is 3.07. The molecule has 122 valence electrons. The zero-order valence-corrected chi connectivity index (χ0v) is 13.6. The van der Waals surface area contributed by atoms with Crippen molar-refractivity contribution in [1.29, 1.82) is 0 Å². The van der Waals surface area contributed by atoms with Crippen molar-refractivity contribution in [3.8, 4) is 0 Å². The number of ether oxygens (including phenoxy) is 1. The highest BCUT2D eigenvalue weighted by molar-refractivity contribution is 7.93. The molecule has 0 saturated carbocycles. The number of sulfonamides is 1. The highest BCUT2D eigenvalue weighted by Crippen LogP contribution is 2.24. The van der Waals surface area contributed by atoms with E-state index in [9.17, 15) is 13.2 Å². The van der Waals surface area contributed by atoms with Gasteiger partial charge in [0, 0.05) is 5.39 Å². The number of methoxy groups -OCH3 is 1. The van der Waals surface area contributed by atoms with E-state index in [1.807, 2.05) is 18.2 Å². The van der Waals surface area contributed by atoms with Crippen LogP contribution in [0.2, 0.25) is 0 Å². The summed E-state index contributed by atoms with van der Waals surface area (Å²) in [6.07, 6.45) is 1.27. The molecule has 0 aliphatic rings. The second-order valence-corrected chi connectivity index (χ2v) is 6.66. The predicted molar refractivity (Wildman–Crippen MR) is 90.3 cm³/mol. The summed E-state index contributed by atoms with van der Waals surface area (Å²) in [5.74, 6) is -0.585. The Morgan fingerprint density at radius 1 is 1.04 bits per heavy atom. The van der Waals surface area contributed by atoms with Crippen LogP contribution >= 0.6 is 0 Å². The summed E-state index contributed by atoms with van der Waals surface area (Å²) < 4.78 is 32.3. The number of nitrogens with one attached hydrogen (secondary N) is 1. The average molecular weight is 342 g/mol. The van der Waals surface area contributed by atoms with Gasteiger partial charge >= 0.3 is 5.97 Å². The molecule has 0 aliphatic heterocycles. The monoisotopic (exact) mass is 342 g/mol. The topological polar surface area (TPSA) is 85.4 Å². The van der Waals surface area contributed by atoms with Gasteiger partial charge in [-0.2, -0.15) is 0 Å². The summed E-state index contributed by atoms with van der Waals surface area (Å²) in [4.78, 5) is 15.4. The van der Waals surface area contributed by atoms with Crippen LogP contribution < -0.4 is 4.72 Å². The molecular formula is C17H14N2O4S. The Morgan fingerprint density at radius 3 is 2.50 bits per heavy atom. The van der Waals surface area contributed by atoms with E-state index in [-0.39, 0.29) is 16.3 Å². The summed E-state index contributed by atoms with van der Waals surface area (Å²) in [6, 6.07) is 15.2. The van der Waals surface area contributed by atoms with Crippen LogP contribution in [0.1, 0.15) is 10.5 Å². The van der Waals surface area contributed by atoms with E-state index in [1.165, 1.54) is 25.4 Å². The van der Waals surface area contributed by atoms with Crippen LogP contribution in [0.15, 0.2) is 65.7 Å². The molecule has 0 spiro atoms. The molecule has 0 atom stereocenters. The predicted octanol–water partition coefficient (Wildman–Crippen LogP) is 2.82. The van der Waals surface area contributed by atoms with Gasteiger partial charge in [0.1, 0.15) is 5.69 Å². The fourth-order valence-electron chi connectivity index (χ4n) is 2.32. The van der Waals surface area contributed by atoms with Gasteiger partial charge in [0.2, 0.25) is 0 Å². The van der Waals surface area contributed by atoms with Gasteiger partial charge in [-0.15, -0.1) is 0 Å². The lowest BCUT2D eigenvalue weighted by Gasteiger charge is -2.10. The van der Waals surface area contributed by atoms with Gasteiger partial charge in [-0.3, -0.25) is 4.72 Å². The Bertz CT molecular complexity index is 993. The Kier molecular flexibility index (Phi) is 4.18. The maximum absolute atomic E-state index is 12.7. The first-order chi connectivity index (χ1) is 11.5. The Hall–Kier alpha value is -2.93. The van der Waals surface area contributed by atoms with Crippen molar-refractivity contribution in [1.82, 2.24) is 4.98 Å². The fourth-order valence-corrected chi connectivity index (χ4v) is 3.59. The maximum Gasteiger partial charge on any atom is 0.356 e. The number of nitrogens with zero attached hydrogens (tertiary/aromatic N) is 1. The van der Waals surface area contributed by atoms with Gasteiger partial charge in [-0.25, -0.2) is 18.2 Å². The quantitative estimate of drug-likeness (QED) is 0.737. The van der Waals surface area contributed by atoms with Crippen molar-refractivity contribution in [2.24, 2.45) is 0 Å². The molecule has 0 amide bonds. The Morgan fingerprint density at radius 2 is 1.79 bits per heavy atom. The SMILES string of the molecule is COC(=O)c1ccc(NS(=O)(=O)c2cccc3ccccc23)cn1. The third-order valence-corrected chi connectivity index (χ3v) is 4.89. The van der Waals surface area contributed by atoms with Gasteiger partial charge < -0.3 is 4.74 Å². The average Bonchev–Trinajstić information content (AvgIpc) is 2.61. The number of carbonyl (C=O) groups is 1. The minimum absolute atomic E-state index is 0.102. The molecule has 1 N–H and O–H groups in total. The zero-order chi connectivity index (χ0) is 17.2. The highest BCUT2D eigenvalue weighted by Gasteiger charge is 2.17. The van der Waals surface area contributed by atoms with Gasteiger partial charge in [-0.05, 0) is 23.6 Å². The standard InChI is InChI=1S/C17H14N2O4S/c1-23-17(20)15-10-9-13(11-18-15)19-24(21,22)16-8-4-6-12-5-2-3-7-14(12)16/h2-11,19H,1H3. The van der Waals surface area contributed by atoms with Crippen molar-refractivity contribution in [2.45, 2.75) is 4.90 Å². The molecule has 0 aliphatic carbocycles. The van der Waals surface area contributed by atoms with Crippen molar-refractivity contribution in [3.63, 3.8) is 0 Å². The molecule has 0 saturated heterocycles. The zero-order valence-electron chi connectivity index (χ0n) is 12.8. The van der Waals surface area contributed by atoms with E-state index < -0.39 is 16.0 Å². The van der Waals surface area contributed by atoms with Crippen LogP contribution in [0.4, 0.5) is 5.69 Å². The largest absolute Gasteiger partial charge is 0.464 e. The molecule has 3 rings (SSSR count). The minimum atomic E-state index is -3.78. The summed E-state index contributed by atoms with van der Waals surface area (Å²) >= 11 is 0. The number of benzene rings is 2. The summed E-state index contributed by atoms with van der Waals surface area (Å²) in [6.45, 7) is 0. The molecule has 6 nitrogen and oxygen atoms in total. The van der Waals surface area contributed by atoms with Crippen LogP contribution in [0.25, 0.3) is 10.8 Å². The first kappa shape index (κ1) is 15.9. The normalized spacial score (nSPS) is 11.2. The molecule has 24 heavy (non-hydrogen) atoms. The van der Waals surface area contributed by atoms with E-state index in [0.717, 1.165) is 5.39 Å². The maximum atomic E-state index is 12.7. The molecule has 0 unspecified atom stereocenters. The van der Waals surface area contributed by atoms with E-state index in [2.05, 4.69) is 14.4 Å². The number of fused-ring (bicyclic) bond motifs is 1. The summed E-state index contributed by atoms with van der Waals surface area (Å²) in [5.41, 5.74) is 0.362. The number of hydrogen-bond acceptors (Lipinski definition) is 5. The smallest absolute Gasteiger partial charge is 0.356 e. The van der Waals surface area contributed by atoms with Gasteiger partial charge in [0.25, 0.3) is 10.0 Å². The van der Waals surface area contributed by atoms with Crippen molar-refractivity contribution >= 4 is 32.5 Å². The molecule has 0 fully saturated rings. The lowest BCUT2D eigenvalue weighted by molar-refractivity contribution is 0.0594. The lowest BCUT2D eigenvalue weighted by Crippen LogP contribution is -2.14. The summed E-state index contributed by atoms with van der Waals surface area (Å²) in [5, 5.41) is 1.46. The molecular weight excluding hydrogens is 328 g/mol. The highest BCUT2D eigenvalue weighted by atomic mass is 32.2. The van der Waals surface area contributed by atoms with E-state index in [4.69, 9.17) is 0 Å². The molecule has 0 bridgehead atoms. The van der Waals surface area contributed by atoms with Crippen molar-refractivity contribution in [3.05, 3.63) is 66.5 Å². The lowest BCUT2D eigenvalue weighted by atomic mass is 10.1. The van der Waals surface area contributed by atoms with Crippen LogP contribution in [0.5, 0.6) is 0 Å². The van der Waals surface area contributed by atoms with E-state index in [0.29, 0.717) is 5.39 Å². The summed E-state index contributed by atoms with van der Waals surface area (Å²) in [7, 11) is -2.53. The third-order valence-electron chi connectivity index (χ3n) is 3.45. The van der Waals surface area contributed by atoms with Crippen LogP contribution in [-0.4, -0.2) is 26.5 Å². The van der Waals surface area contributed by atoms with Crippen LogP contribution in [0.3, 0.4) is 0 Å². The number of esters is 1. The second kappa shape index (κ2) is 6.29. The second-order valence-electron chi connectivity index (χ2n) is 5.01. The van der Waals surface area contributed by atoms with Crippen LogP contribution in [0, 0.1) is 0 Å². The molecule has 7 heteroatoms.